The molecule has 0 aliphatic heterocycles. The smallest absolute Gasteiger partial charge is 0.277 e. The van der Waals surface area contributed by atoms with Gasteiger partial charge in [0.1, 0.15) is 5.75 Å². The molecular formula is C20H25O2P. The Labute approximate surface area is 139 Å². The van der Waals surface area contributed by atoms with E-state index in [9.17, 15) is 4.57 Å². The van der Waals surface area contributed by atoms with E-state index in [0.29, 0.717) is 12.6 Å². The maximum absolute atomic E-state index is 13.7. The molecule has 0 aromatic heterocycles. The highest BCUT2D eigenvalue weighted by Gasteiger charge is 2.29. The molecule has 2 rings (SSSR count). The summed E-state index contributed by atoms with van der Waals surface area (Å²) in [6.07, 6.45) is 4.64. The highest BCUT2D eigenvalue weighted by molar-refractivity contribution is 7.67. The molecule has 0 heterocycles. The van der Waals surface area contributed by atoms with Crippen LogP contribution in [0.4, 0.5) is 0 Å². The van der Waals surface area contributed by atoms with E-state index in [1.807, 2.05) is 48.5 Å². The monoisotopic (exact) mass is 328 g/mol. The number of hydrogen-bond donors (Lipinski definition) is 0. The fraction of sp³-hybridized carbons (Fsp3) is 0.300. The summed E-state index contributed by atoms with van der Waals surface area (Å²) in [5.74, 6) is 0.730. The van der Waals surface area contributed by atoms with Crippen LogP contribution < -0.4 is 9.83 Å². The van der Waals surface area contributed by atoms with E-state index in [1.54, 1.807) is 6.08 Å². The van der Waals surface area contributed by atoms with Gasteiger partial charge in [-0.1, -0.05) is 56.3 Å². The number of hydrogen-bond acceptors (Lipinski definition) is 2. The van der Waals surface area contributed by atoms with Crippen LogP contribution in [-0.2, 0) is 17.4 Å². The fourth-order valence-electron chi connectivity index (χ4n) is 2.66. The first-order chi connectivity index (χ1) is 11.1. The van der Waals surface area contributed by atoms with E-state index >= 15 is 0 Å². The lowest BCUT2D eigenvalue weighted by Gasteiger charge is -2.23. The molecular weight excluding hydrogens is 303 g/mol. The third kappa shape index (κ3) is 4.14. The van der Waals surface area contributed by atoms with Crippen LogP contribution in [0.15, 0.2) is 61.2 Å². The van der Waals surface area contributed by atoms with Crippen molar-refractivity contribution in [3.63, 3.8) is 0 Å². The molecule has 0 radical (unpaired) electrons. The van der Waals surface area contributed by atoms with Gasteiger partial charge in [0.2, 0.25) is 0 Å². The second-order valence-electron chi connectivity index (χ2n) is 5.51. The third-order valence-electron chi connectivity index (χ3n) is 3.97. The average Bonchev–Trinajstić information content (AvgIpc) is 2.60. The van der Waals surface area contributed by atoms with Crippen molar-refractivity contribution in [1.29, 1.82) is 0 Å². The van der Waals surface area contributed by atoms with Gasteiger partial charge in [0.05, 0.1) is 5.30 Å². The molecule has 0 amide bonds. The number of allylic oxidation sites excluding steroid dienone is 1. The van der Waals surface area contributed by atoms with Crippen molar-refractivity contribution in [2.75, 3.05) is 6.16 Å². The van der Waals surface area contributed by atoms with Crippen LogP contribution in [0.3, 0.4) is 0 Å². The molecule has 1 atom stereocenters. The van der Waals surface area contributed by atoms with Gasteiger partial charge in [0.25, 0.3) is 7.37 Å². The van der Waals surface area contributed by atoms with Gasteiger partial charge >= 0.3 is 0 Å². The van der Waals surface area contributed by atoms with Gasteiger partial charge in [-0.2, -0.15) is 0 Å². The zero-order valence-electron chi connectivity index (χ0n) is 14.0. The minimum Gasteiger partial charge on any atom is -0.440 e. The van der Waals surface area contributed by atoms with Crippen LogP contribution in [0.1, 0.15) is 31.4 Å². The Balaban J connectivity index is 2.47. The van der Waals surface area contributed by atoms with Crippen LogP contribution in [0, 0.1) is 0 Å². The van der Waals surface area contributed by atoms with Crippen LogP contribution in [0.25, 0.3) is 0 Å². The molecule has 2 aromatic carbocycles. The predicted octanol–water partition coefficient (Wildman–Crippen LogP) is 5.37. The maximum atomic E-state index is 13.7. The molecule has 0 bridgehead atoms. The molecule has 0 saturated heterocycles. The number of aryl methyl sites for hydroxylation is 2. The largest absolute Gasteiger partial charge is 0.440 e. The van der Waals surface area contributed by atoms with Gasteiger partial charge in [0, 0.05) is 6.16 Å². The fourth-order valence-corrected chi connectivity index (χ4v) is 5.09. The molecule has 0 aliphatic carbocycles. The number of benzene rings is 2. The van der Waals surface area contributed by atoms with E-state index in [1.165, 1.54) is 0 Å². The lowest BCUT2D eigenvalue weighted by atomic mass is 10.1. The highest BCUT2D eigenvalue weighted by Crippen LogP contribution is 2.48. The maximum Gasteiger partial charge on any atom is 0.277 e. The van der Waals surface area contributed by atoms with Crippen molar-refractivity contribution in [3.8, 4) is 5.75 Å². The van der Waals surface area contributed by atoms with Crippen molar-refractivity contribution in [2.45, 2.75) is 33.1 Å². The Bertz CT molecular complexity index is 706. The topological polar surface area (TPSA) is 26.3 Å². The van der Waals surface area contributed by atoms with Crippen molar-refractivity contribution in [3.05, 3.63) is 72.3 Å². The van der Waals surface area contributed by atoms with Crippen molar-refractivity contribution in [2.24, 2.45) is 0 Å². The summed E-state index contributed by atoms with van der Waals surface area (Å²) in [7, 11) is -2.98. The second-order valence-corrected chi connectivity index (χ2v) is 7.97. The molecule has 1 unspecified atom stereocenters. The summed E-state index contributed by atoms with van der Waals surface area (Å²) in [4.78, 5) is 0. The Morgan fingerprint density at radius 3 is 2.26 bits per heavy atom. The van der Waals surface area contributed by atoms with Gasteiger partial charge < -0.3 is 4.52 Å². The summed E-state index contributed by atoms with van der Waals surface area (Å²) in [6, 6.07) is 15.7. The Kier molecular flexibility index (Phi) is 6.24. The molecule has 2 nitrogen and oxygen atoms in total. The minimum absolute atomic E-state index is 0.478. The molecule has 0 spiro atoms. The SMILES string of the molecule is C=CCCP(=O)(Oc1ccccc1CC)c1ccccc1CC. The third-order valence-corrected chi connectivity index (χ3v) is 6.48. The lowest BCUT2D eigenvalue weighted by Crippen LogP contribution is -2.17. The molecule has 0 aliphatic rings. The summed E-state index contributed by atoms with van der Waals surface area (Å²) in [5, 5.41) is 0.843. The molecule has 2 aromatic rings. The highest BCUT2D eigenvalue weighted by atomic mass is 31.2. The van der Waals surface area contributed by atoms with E-state index in [0.717, 1.165) is 35.0 Å². The average molecular weight is 328 g/mol. The summed E-state index contributed by atoms with van der Waals surface area (Å²) >= 11 is 0. The van der Waals surface area contributed by atoms with Crippen LogP contribution >= 0.6 is 7.37 Å². The zero-order valence-corrected chi connectivity index (χ0v) is 14.9. The van der Waals surface area contributed by atoms with Gasteiger partial charge in [-0.25, -0.2) is 0 Å². The van der Waals surface area contributed by atoms with Crippen molar-refractivity contribution < 1.29 is 9.09 Å². The predicted molar refractivity (Wildman–Crippen MR) is 99.2 cm³/mol. The number of para-hydroxylation sites is 1. The number of rotatable bonds is 8. The van der Waals surface area contributed by atoms with E-state index in [-0.39, 0.29) is 0 Å². The zero-order chi connectivity index (χ0) is 16.7. The Morgan fingerprint density at radius 2 is 1.61 bits per heavy atom. The molecule has 0 N–H and O–H groups in total. The van der Waals surface area contributed by atoms with Gasteiger partial charge in [-0.15, -0.1) is 6.58 Å². The summed E-state index contributed by atoms with van der Waals surface area (Å²) in [6.45, 7) is 7.92. The molecule has 3 heteroatoms. The van der Waals surface area contributed by atoms with Gasteiger partial charge in [0.15, 0.2) is 0 Å². The first-order valence-electron chi connectivity index (χ1n) is 8.20. The first-order valence-corrected chi connectivity index (χ1v) is 10.0. The summed E-state index contributed by atoms with van der Waals surface area (Å²) in [5.41, 5.74) is 2.18. The van der Waals surface area contributed by atoms with Crippen molar-refractivity contribution in [1.82, 2.24) is 0 Å². The second kappa shape index (κ2) is 8.17. The van der Waals surface area contributed by atoms with Crippen LogP contribution in [-0.4, -0.2) is 6.16 Å². The standard InChI is InChI=1S/C20H25O2P/c1-4-7-16-23(21,20-15-11-9-13-18(20)6-3)22-19-14-10-8-12-17(19)5-2/h4,8-15H,1,5-7,16H2,2-3H3. The van der Waals surface area contributed by atoms with Crippen molar-refractivity contribution >= 4 is 12.7 Å². The molecule has 122 valence electrons. The van der Waals surface area contributed by atoms with E-state index in [4.69, 9.17) is 4.52 Å². The lowest BCUT2D eigenvalue weighted by molar-refractivity contribution is 0.489. The first kappa shape index (κ1) is 17.6. The summed E-state index contributed by atoms with van der Waals surface area (Å²) < 4.78 is 19.9. The van der Waals surface area contributed by atoms with E-state index < -0.39 is 7.37 Å². The molecule has 23 heavy (non-hydrogen) atoms. The minimum atomic E-state index is -2.98. The normalized spacial score (nSPS) is 13.3. The van der Waals surface area contributed by atoms with Gasteiger partial charge in [-0.3, -0.25) is 4.57 Å². The van der Waals surface area contributed by atoms with Crippen LogP contribution in [0.5, 0.6) is 5.75 Å². The Hall–Kier alpha value is -1.79. The quantitative estimate of drug-likeness (QED) is 0.481. The van der Waals surface area contributed by atoms with Crippen LogP contribution in [0.2, 0.25) is 0 Å². The molecule has 0 saturated carbocycles. The van der Waals surface area contributed by atoms with E-state index in [2.05, 4.69) is 20.4 Å². The molecule has 0 fully saturated rings. The Morgan fingerprint density at radius 1 is 1.00 bits per heavy atom. The van der Waals surface area contributed by atoms with Gasteiger partial charge in [-0.05, 0) is 42.5 Å².